The third kappa shape index (κ3) is 4.96. The number of ether oxygens (including phenoxy) is 2. The molecule has 0 heterocycles. The van der Waals surface area contributed by atoms with Crippen molar-refractivity contribution in [2.45, 2.75) is 25.9 Å². The van der Waals surface area contributed by atoms with E-state index in [0.717, 1.165) is 11.3 Å². The maximum atomic E-state index is 11.6. The number of methoxy groups -OCH3 is 2. The van der Waals surface area contributed by atoms with Crippen LogP contribution < -0.4 is 20.5 Å². The van der Waals surface area contributed by atoms with Crippen molar-refractivity contribution in [3.8, 4) is 11.5 Å². The van der Waals surface area contributed by atoms with Gasteiger partial charge < -0.3 is 20.5 Å². The molecule has 19 heavy (non-hydrogen) atoms. The lowest BCUT2D eigenvalue weighted by Gasteiger charge is -2.13. The lowest BCUT2D eigenvalue weighted by molar-refractivity contribution is -0.122. The molecule has 1 rings (SSSR count). The van der Waals surface area contributed by atoms with E-state index in [0.29, 0.717) is 18.7 Å². The van der Waals surface area contributed by atoms with Crippen LogP contribution in [0.4, 0.5) is 0 Å². The lowest BCUT2D eigenvalue weighted by atomic mass is 10.1. The average molecular weight is 289 g/mol. The molecule has 6 heteroatoms. The number of rotatable bonds is 6. The highest BCUT2D eigenvalue weighted by atomic mass is 35.5. The van der Waals surface area contributed by atoms with Crippen LogP contribution >= 0.6 is 12.4 Å². The molecule has 0 saturated carbocycles. The predicted molar refractivity (Wildman–Crippen MR) is 76.9 cm³/mol. The molecule has 3 N–H and O–H groups in total. The van der Waals surface area contributed by atoms with E-state index >= 15 is 0 Å². The van der Waals surface area contributed by atoms with Gasteiger partial charge >= 0.3 is 0 Å². The summed E-state index contributed by atoms with van der Waals surface area (Å²) in [6, 6.07) is 4.97. The topological polar surface area (TPSA) is 73.6 Å². The van der Waals surface area contributed by atoms with Gasteiger partial charge in [0.1, 0.15) is 11.5 Å². The van der Waals surface area contributed by atoms with E-state index in [4.69, 9.17) is 15.2 Å². The number of nitrogens with one attached hydrogen (secondary N) is 1. The normalized spacial score (nSPS) is 11.2. The maximum absolute atomic E-state index is 11.6. The zero-order valence-corrected chi connectivity index (χ0v) is 12.3. The van der Waals surface area contributed by atoms with E-state index in [-0.39, 0.29) is 18.3 Å². The standard InChI is InChI=1S/C13H20N2O3.ClH/c1-4-11(14)13(16)15-8-9-7-10(17-2)5-6-12(9)18-3;/h5-7,11H,4,8,14H2,1-3H3,(H,15,16);1H/t11-;/m0./s1. The third-order valence-corrected chi connectivity index (χ3v) is 2.72. The first-order valence-electron chi connectivity index (χ1n) is 5.86. The van der Waals surface area contributed by atoms with Crippen molar-refractivity contribution in [3.05, 3.63) is 23.8 Å². The fourth-order valence-electron chi connectivity index (χ4n) is 1.52. The highest BCUT2D eigenvalue weighted by Gasteiger charge is 2.12. The molecular weight excluding hydrogens is 268 g/mol. The summed E-state index contributed by atoms with van der Waals surface area (Å²) in [4.78, 5) is 11.6. The third-order valence-electron chi connectivity index (χ3n) is 2.72. The molecule has 5 nitrogen and oxygen atoms in total. The van der Waals surface area contributed by atoms with Gasteiger partial charge in [-0.2, -0.15) is 0 Å². The number of halogens is 1. The van der Waals surface area contributed by atoms with Gasteiger partial charge in [0, 0.05) is 12.1 Å². The molecule has 0 aliphatic rings. The summed E-state index contributed by atoms with van der Waals surface area (Å²) < 4.78 is 10.4. The van der Waals surface area contributed by atoms with Crippen molar-refractivity contribution in [1.29, 1.82) is 0 Å². The van der Waals surface area contributed by atoms with Gasteiger partial charge in [-0.05, 0) is 24.6 Å². The van der Waals surface area contributed by atoms with Crippen LogP contribution in [-0.4, -0.2) is 26.2 Å². The van der Waals surface area contributed by atoms with E-state index in [1.807, 2.05) is 19.1 Å². The molecule has 0 radical (unpaired) electrons. The molecule has 0 unspecified atom stereocenters. The van der Waals surface area contributed by atoms with Crippen LogP contribution in [0.1, 0.15) is 18.9 Å². The Balaban J connectivity index is 0.00000324. The number of hydrogen-bond donors (Lipinski definition) is 2. The molecule has 108 valence electrons. The largest absolute Gasteiger partial charge is 0.497 e. The van der Waals surface area contributed by atoms with Gasteiger partial charge in [0.15, 0.2) is 0 Å². The molecule has 0 bridgehead atoms. The minimum atomic E-state index is -0.471. The highest BCUT2D eigenvalue weighted by Crippen LogP contribution is 2.23. The minimum Gasteiger partial charge on any atom is -0.497 e. The molecule has 0 saturated heterocycles. The summed E-state index contributed by atoms with van der Waals surface area (Å²) in [6.07, 6.45) is 0.612. The first-order valence-corrected chi connectivity index (χ1v) is 5.86. The first-order chi connectivity index (χ1) is 8.62. The minimum absolute atomic E-state index is 0. The summed E-state index contributed by atoms with van der Waals surface area (Å²) in [5.41, 5.74) is 6.49. The zero-order chi connectivity index (χ0) is 13.5. The van der Waals surface area contributed by atoms with Crippen molar-refractivity contribution in [1.82, 2.24) is 5.32 Å². The SMILES string of the molecule is CC[C@H](N)C(=O)NCc1cc(OC)ccc1OC.Cl. The van der Waals surface area contributed by atoms with E-state index in [9.17, 15) is 4.79 Å². The van der Waals surface area contributed by atoms with Crippen LogP contribution in [0.5, 0.6) is 11.5 Å². The average Bonchev–Trinajstić information content (AvgIpc) is 2.43. The number of hydrogen-bond acceptors (Lipinski definition) is 4. The first kappa shape index (κ1) is 17.5. The quantitative estimate of drug-likeness (QED) is 0.831. The van der Waals surface area contributed by atoms with Crippen LogP contribution in [0.15, 0.2) is 18.2 Å². The van der Waals surface area contributed by atoms with Crippen LogP contribution in [0.25, 0.3) is 0 Å². The number of amides is 1. The molecule has 0 spiro atoms. The van der Waals surface area contributed by atoms with Gasteiger partial charge in [-0.3, -0.25) is 4.79 Å². The molecule has 0 aliphatic heterocycles. The molecular formula is C13H21ClN2O3. The highest BCUT2D eigenvalue weighted by molar-refractivity contribution is 5.85. The van der Waals surface area contributed by atoms with E-state index < -0.39 is 6.04 Å². The fourth-order valence-corrected chi connectivity index (χ4v) is 1.52. The molecule has 1 aromatic carbocycles. The second-order valence-electron chi connectivity index (χ2n) is 3.91. The van der Waals surface area contributed by atoms with Crippen molar-refractivity contribution in [3.63, 3.8) is 0 Å². The molecule has 0 aliphatic carbocycles. The van der Waals surface area contributed by atoms with Gasteiger partial charge in [-0.1, -0.05) is 6.92 Å². The molecule has 0 fully saturated rings. The van der Waals surface area contributed by atoms with E-state index in [1.165, 1.54) is 0 Å². The van der Waals surface area contributed by atoms with Gasteiger partial charge in [-0.15, -0.1) is 12.4 Å². The Hall–Kier alpha value is -1.46. The zero-order valence-electron chi connectivity index (χ0n) is 11.4. The van der Waals surface area contributed by atoms with Crippen molar-refractivity contribution in [2.75, 3.05) is 14.2 Å². The molecule has 1 amide bonds. The Morgan fingerprint density at radius 1 is 1.37 bits per heavy atom. The Morgan fingerprint density at radius 2 is 2.05 bits per heavy atom. The van der Waals surface area contributed by atoms with Crippen LogP contribution in [0, 0.1) is 0 Å². The number of carbonyl (C=O) groups is 1. The number of nitrogens with two attached hydrogens (primary N) is 1. The Morgan fingerprint density at radius 3 is 2.58 bits per heavy atom. The lowest BCUT2D eigenvalue weighted by Crippen LogP contribution is -2.39. The number of benzene rings is 1. The molecule has 1 atom stereocenters. The van der Waals surface area contributed by atoms with Crippen LogP contribution in [0.3, 0.4) is 0 Å². The van der Waals surface area contributed by atoms with E-state index in [2.05, 4.69) is 5.32 Å². The van der Waals surface area contributed by atoms with Gasteiger partial charge in [0.25, 0.3) is 0 Å². The second-order valence-corrected chi connectivity index (χ2v) is 3.91. The van der Waals surface area contributed by atoms with Crippen molar-refractivity contribution >= 4 is 18.3 Å². The summed E-state index contributed by atoms with van der Waals surface area (Å²) >= 11 is 0. The maximum Gasteiger partial charge on any atom is 0.237 e. The smallest absolute Gasteiger partial charge is 0.237 e. The molecule has 0 aromatic heterocycles. The van der Waals surface area contributed by atoms with Gasteiger partial charge in [0.2, 0.25) is 5.91 Å². The van der Waals surface area contributed by atoms with E-state index in [1.54, 1.807) is 20.3 Å². The van der Waals surface area contributed by atoms with Crippen LogP contribution in [0.2, 0.25) is 0 Å². The molecule has 1 aromatic rings. The van der Waals surface area contributed by atoms with Gasteiger partial charge in [-0.25, -0.2) is 0 Å². The summed E-state index contributed by atoms with van der Waals surface area (Å²) in [5, 5.41) is 2.78. The monoisotopic (exact) mass is 288 g/mol. The Bertz CT molecular complexity index is 413. The summed E-state index contributed by atoms with van der Waals surface area (Å²) in [5.74, 6) is 1.27. The summed E-state index contributed by atoms with van der Waals surface area (Å²) in [6.45, 7) is 2.24. The second kappa shape index (κ2) is 8.61. The number of carbonyl (C=O) groups excluding carboxylic acids is 1. The Labute approximate surface area is 119 Å². The van der Waals surface area contributed by atoms with Crippen molar-refractivity contribution < 1.29 is 14.3 Å². The summed E-state index contributed by atoms with van der Waals surface area (Å²) in [7, 11) is 3.18. The fraction of sp³-hybridized carbons (Fsp3) is 0.462. The van der Waals surface area contributed by atoms with Gasteiger partial charge in [0.05, 0.1) is 20.3 Å². The Kier molecular flexibility index (Phi) is 7.95. The van der Waals surface area contributed by atoms with Crippen molar-refractivity contribution in [2.24, 2.45) is 5.73 Å². The predicted octanol–water partition coefficient (Wildman–Crippen LogP) is 1.48. The van der Waals surface area contributed by atoms with Crippen LogP contribution in [-0.2, 0) is 11.3 Å².